The van der Waals surface area contributed by atoms with Crippen molar-refractivity contribution in [2.45, 2.75) is 19.6 Å². The van der Waals surface area contributed by atoms with Gasteiger partial charge in [0.15, 0.2) is 0 Å². The number of rotatable bonds is 6. The van der Waals surface area contributed by atoms with E-state index in [0.29, 0.717) is 15.4 Å². The summed E-state index contributed by atoms with van der Waals surface area (Å²) in [5.41, 5.74) is 2.81. The zero-order valence-corrected chi connectivity index (χ0v) is 19.2. The van der Waals surface area contributed by atoms with Gasteiger partial charge in [-0.1, -0.05) is 41.7 Å². The largest absolute Gasteiger partial charge is 0.462 e. The molecule has 10 heteroatoms. The van der Waals surface area contributed by atoms with Gasteiger partial charge in [0.2, 0.25) is 5.91 Å². The average Bonchev–Trinajstić information content (AvgIpc) is 3.07. The van der Waals surface area contributed by atoms with Crippen molar-refractivity contribution in [2.75, 3.05) is 24.7 Å². The molecule has 0 unspecified atom stereocenters. The van der Waals surface area contributed by atoms with E-state index in [1.807, 2.05) is 24.3 Å². The van der Waals surface area contributed by atoms with E-state index in [4.69, 9.17) is 4.74 Å². The lowest BCUT2D eigenvalue weighted by molar-refractivity contribution is -0.113. The molecular formula is C20H21N3O4S3. The summed E-state index contributed by atoms with van der Waals surface area (Å²) in [7, 11) is 1.52. The second-order valence-electron chi connectivity index (χ2n) is 6.19. The second-order valence-corrected chi connectivity index (χ2v) is 9.40. The van der Waals surface area contributed by atoms with Crippen LogP contribution in [-0.2, 0) is 15.3 Å². The highest BCUT2D eigenvalue weighted by Gasteiger charge is 2.26. The van der Waals surface area contributed by atoms with Crippen LogP contribution in [0.15, 0.2) is 29.3 Å². The first-order valence-corrected chi connectivity index (χ1v) is 12.0. The van der Waals surface area contributed by atoms with E-state index in [0.717, 1.165) is 27.2 Å². The van der Waals surface area contributed by atoms with Gasteiger partial charge in [-0.05, 0) is 31.0 Å². The molecule has 0 radical (unpaired) electrons. The number of thioether (sulfide) groups is 2. The van der Waals surface area contributed by atoms with Crippen LogP contribution in [0.1, 0.15) is 38.1 Å². The summed E-state index contributed by atoms with van der Waals surface area (Å²) in [6, 6.07) is 7.92. The third-order valence-corrected chi connectivity index (χ3v) is 7.65. The number of amides is 2. The molecule has 7 nitrogen and oxygen atoms in total. The van der Waals surface area contributed by atoms with Crippen LogP contribution in [0.2, 0.25) is 0 Å². The number of thiophene rings is 1. The van der Waals surface area contributed by atoms with Gasteiger partial charge in [-0.25, -0.2) is 9.79 Å². The summed E-state index contributed by atoms with van der Waals surface area (Å²) >= 11 is 4.00. The molecule has 1 aromatic carbocycles. The summed E-state index contributed by atoms with van der Waals surface area (Å²) in [6.07, 6.45) is 0. The number of ether oxygens (including phenoxy) is 1. The molecule has 0 bridgehead atoms. The number of para-hydroxylation sites is 1. The molecule has 158 valence electrons. The number of esters is 1. The van der Waals surface area contributed by atoms with Crippen molar-refractivity contribution in [3.8, 4) is 0 Å². The second kappa shape index (κ2) is 10.1. The monoisotopic (exact) mass is 463 g/mol. The quantitative estimate of drug-likeness (QED) is 0.623. The smallest absolute Gasteiger partial charge is 0.341 e. The van der Waals surface area contributed by atoms with Gasteiger partial charge in [-0.2, -0.15) is 0 Å². The Kier molecular flexibility index (Phi) is 7.57. The minimum Gasteiger partial charge on any atom is -0.462 e. The van der Waals surface area contributed by atoms with Gasteiger partial charge in [0.05, 0.1) is 28.5 Å². The molecule has 3 rings (SSSR count). The fourth-order valence-electron chi connectivity index (χ4n) is 2.76. The van der Waals surface area contributed by atoms with Gasteiger partial charge < -0.3 is 15.4 Å². The zero-order chi connectivity index (χ0) is 21.7. The van der Waals surface area contributed by atoms with Crippen LogP contribution >= 0.6 is 34.9 Å². The average molecular weight is 464 g/mol. The van der Waals surface area contributed by atoms with Gasteiger partial charge in [0.1, 0.15) is 9.38 Å². The Labute approximate surface area is 187 Å². The van der Waals surface area contributed by atoms with Crippen LogP contribution in [-0.4, -0.2) is 41.6 Å². The number of hydrogen-bond acceptors (Lipinski definition) is 8. The molecule has 2 N–H and O–H groups in total. The van der Waals surface area contributed by atoms with Crippen molar-refractivity contribution in [2.24, 2.45) is 4.99 Å². The lowest BCUT2D eigenvalue weighted by atomic mass is 10.1. The maximum Gasteiger partial charge on any atom is 0.341 e. The Morgan fingerprint density at radius 3 is 2.77 bits per heavy atom. The third kappa shape index (κ3) is 5.05. The Morgan fingerprint density at radius 1 is 1.27 bits per heavy atom. The number of nitrogens with zero attached hydrogens (tertiary/aromatic N) is 1. The van der Waals surface area contributed by atoms with Crippen molar-refractivity contribution in [1.29, 1.82) is 0 Å². The number of hydrogen-bond donors (Lipinski definition) is 2. The summed E-state index contributed by atoms with van der Waals surface area (Å²) in [4.78, 5) is 42.0. The van der Waals surface area contributed by atoms with Crippen LogP contribution in [0.25, 0.3) is 0 Å². The molecule has 2 aromatic rings. The van der Waals surface area contributed by atoms with E-state index in [2.05, 4.69) is 15.6 Å². The van der Waals surface area contributed by atoms with Gasteiger partial charge in [0.25, 0.3) is 5.91 Å². The molecule has 1 aliphatic heterocycles. The van der Waals surface area contributed by atoms with Crippen LogP contribution in [0.5, 0.6) is 0 Å². The van der Waals surface area contributed by atoms with Crippen molar-refractivity contribution in [1.82, 2.24) is 5.32 Å². The van der Waals surface area contributed by atoms with Crippen molar-refractivity contribution >= 4 is 67.7 Å². The number of nitrogens with one attached hydrogen (secondary N) is 2. The molecule has 0 saturated carbocycles. The minimum atomic E-state index is -0.562. The Balaban J connectivity index is 1.72. The topological polar surface area (TPSA) is 96.9 Å². The highest BCUT2D eigenvalue weighted by Crippen LogP contribution is 2.36. The van der Waals surface area contributed by atoms with E-state index in [-0.39, 0.29) is 29.7 Å². The molecule has 0 atom stereocenters. The Morgan fingerprint density at radius 2 is 2.03 bits per heavy atom. The van der Waals surface area contributed by atoms with E-state index < -0.39 is 5.97 Å². The minimum absolute atomic E-state index is 0.141. The number of benzene rings is 1. The molecule has 2 amide bonds. The number of anilines is 1. The first kappa shape index (κ1) is 22.4. The van der Waals surface area contributed by atoms with Gasteiger partial charge in [0, 0.05) is 12.8 Å². The van der Waals surface area contributed by atoms with Crippen LogP contribution < -0.4 is 10.6 Å². The molecule has 0 saturated heterocycles. The molecule has 0 aliphatic carbocycles. The molecule has 0 fully saturated rings. The zero-order valence-electron chi connectivity index (χ0n) is 16.7. The molecule has 0 spiro atoms. The predicted octanol–water partition coefficient (Wildman–Crippen LogP) is 4.20. The van der Waals surface area contributed by atoms with Crippen molar-refractivity contribution in [3.63, 3.8) is 0 Å². The summed E-state index contributed by atoms with van der Waals surface area (Å²) in [6.45, 7) is 3.57. The van der Waals surface area contributed by atoms with Crippen LogP contribution in [0, 0.1) is 6.92 Å². The fourth-order valence-corrected chi connectivity index (χ4v) is 5.78. The van der Waals surface area contributed by atoms with Crippen molar-refractivity contribution < 1.29 is 19.1 Å². The molecule has 1 aliphatic rings. The summed E-state index contributed by atoms with van der Waals surface area (Å²) in [5, 5.41) is 5.63. The third-order valence-electron chi connectivity index (χ3n) is 4.19. The van der Waals surface area contributed by atoms with Gasteiger partial charge >= 0.3 is 5.97 Å². The highest BCUT2D eigenvalue weighted by molar-refractivity contribution is 8.38. The van der Waals surface area contributed by atoms with E-state index >= 15 is 0 Å². The van der Waals surface area contributed by atoms with Gasteiger partial charge in [-0.15, -0.1) is 11.3 Å². The molecule has 2 heterocycles. The maximum atomic E-state index is 12.6. The lowest BCUT2D eigenvalue weighted by Gasteiger charge is -2.14. The predicted molar refractivity (Wildman–Crippen MR) is 124 cm³/mol. The number of carbonyl (C=O) groups is 3. The molecule has 30 heavy (non-hydrogen) atoms. The van der Waals surface area contributed by atoms with Crippen molar-refractivity contribution in [3.05, 3.63) is 45.8 Å². The SMILES string of the molecule is CCOC(=O)c1c(NC(=O)CSC2=Nc3ccccc3CS2)sc(C(=O)NC)c1C. The highest BCUT2D eigenvalue weighted by atomic mass is 32.2. The first-order chi connectivity index (χ1) is 14.4. The Hall–Kier alpha value is -2.30. The normalized spacial score (nSPS) is 12.6. The number of carbonyl (C=O) groups excluding carboxylic acids is 3. The van der Waals surface area contributed by atoms with Gasteiger partial charge in [-0.3, -0.25) is 9.59 Å². The summed E-state index contributed by atoms with van der Waals surface area (Å²) in [5.74, 6) is -0.200. The molecular weight excluding hydrogens is 442 g/mol. The standard InChI is InChI=1S/C20H21N3O4S3/c1-4-27-19(26)15-11(2)16(17(25)21-3)30-18(15)23-14(24)10-29-20-22-13-8-6-5-7-12(13)9-28-20/h5-8H,4,9-10H2,1-3H3,(H,21,25)(H,23,24). The van der Waals surface area contributed by atoms with Crippen LogP contribution in [0.4, 0.5) is 10.7 Å². The summed E-state index contributed by atoms with van der Waals surface area (Å²) < 4.78 is 5.93. The maximum absolute atomic E-state index is 12.6. The fraction of sp³-hybridized carbons (Fsp3) is 0.300. The number of fused-ring (bicyclic) bond motifs is 1. The first-order valence-electron chi connectivity index (χ1n) is 9.19. The van der Waals surface area contributed by atoms with Crippen LogP contribution in [0.3, 0.4) is 0 Å². The molecule has 1 aromatic heterocycles. The lowest BCUT2D eigenvalue weighted by Crippen LogP contribution is -2.18. The van der Waals surface area contributed by atoms with E-state index in [9.17, 15) is 14.4 Å². The van der Waals surface area contributed by atoms with E-state index in [1.165, 1.54) is 24.4 Å². The number of aliphatic imine (C=N–C) groups is 1. The Bertz CT molecular complexity index is 1020. The van der Waals surface area contributed by atoms with E-state index in [1.54, 1.807) is 25.6 Å².